The van der Waals surface area contributed by atoms with E-state index >= 15 is 0 Å². The van der Waals surface area contributed by atoms with Crippen molar-refractivity contribution in [2.75, 3.05) is 0 Å². The number of hydrogen-bond acceptors (Lipinski definition) is 4. The summed E-state index contributed by atoms with van der Waals surface area (Å²) in [6.45, 7) is 0.204. The Labute approximate surface area is 113 Å². The van der Waals surface area contributed by atoms with Crippen LogP contribution in [-0.4, -0.2) is 9.97 Å². The highest BCUT2D eigenvalue weighted by molar-refractivity contribution is 6.32. The zero-order valence-corrected chi connectivity index (χ0v) is 10.6. The minimum atomic E-state index is -0.474. The van der Waals surface area contributed by atoms with Crippen LogP contribution in [0.4, 0.5) is 0 Å². The van der Waals surface area contributed by atoms with Crippen molar-refractivity contribution < 1.29 is 4.74 Å². The molecule has 0 aliphatic rings. The van der Waals surface area contributed by atoms with E-state index in [-0.39, 0.29) is 17.4 Å². The van der Waals surface area contributed by atoms with Gasteiger partial charge in [-0.3, -0.25) is 4.79 Å². The lowest BCUT2D eigenvalue weighted by Crippen LogP contribution is -2.08. The molecule has 0 amide bonds. The van der Waals surface area contributed by atoms with Crippen molar-refractivity contribution in [1.29, 1.82) is 0 Å². The molecule has 0 aliphatic heterocycles. The van der Waals surface area contributed by atoms with Crippen molar-refractivity contribution in [1.82, 2.24) is 9.97 Å². The molecule has 0 saturated carbocycles. The number of benzene rings is 1. The van der Waals surface area contributed by atoms with E-state index in [1.165, 1.54) is 6.33 Å². The third kappa shape index (κ3) is 2.48. The third-order valence-electron chi connectivity index (χ3n) is 2.25. The van der Waals surface area contributed by atoms with Gasteiger partial charge in [-0.25, -0.2) is 4.98 Å². The zero-order valence-electron chi connectivity index (χ0n) is 9.11. The molecule has 0 bridgehead atoms. The van der Waals surface area contributed by atoms with E-state index in [0.29, 0.717) is 16.3 Å². The molecule has 2 rings (SSSR count). The predicted molar refractivity (Wildman–Crippen MR) is 69.3 cm³/mol. The number of aromatic nitrogens is 2. The topological polar surface area (TPSA) is 81.0 Å². The van der Waals surface area contributed by atoms with Gasteiger partial charge in [-0.15, -0.1) is 0 Å². The average molecular weight is 286 g/mol. The third-order valence-corrected chi connectivity index (χ3v) is 2.94. The number of aromatic amines is 1. The molecule has 1 aromatic heterocycles. The first-order chi connectivity index (χ1) is 8.63. The Morgan fingerprint density at radius 2 is 2.17 bits per heavy atom. The minimum absolute atomic E-state index is 0.0115. The van der Waals surface area contributed by atoms with Gasteiger partial charge in [0.25, 0.3) is 5.56 Å². The van der Waals surface area contributed by atoms with Crippen LogP contribution in [0.5, 0.6) is 11.6 Å². The Morgan fingerprint density at radius 3 is 2.89 bits per heavy atom. The average Bonchev–Trinajstić information content (AvgIpc) is 2.35. The zero-order chi connectivity index (χ0) is 13.1. The summed E-state index contributed by atoms with van der Waals surface area (Å²) in [6.07, 6.45) is 1.20. The molecule has 0 atom stereocenters. The predicted octanol–water partition coefficient (Wildman–Crippen LogP) is 2.33. The van der Waals surface area contributed by atoms with E-state index < -0.39 is 5.56 Å². The second-order valence-corrected chi connectivity index (χ2v) is 4.16. The summed E-state index contributed by atoms with van der Waals surface area (Å²) in [5.74, 6) is 0.433. The van der Waals surface area contributed by atoms with Gasteiger partial charge in [-0.05, 0) is 12.1 Å². The highest BCUT2D eigenvalue weighted by atomic mass is 35.5. The van der Waals surface area contributed by atoms with Crippen molar-refractivity contribution in [3.8, 4) is 11.6 Å². The Kier molecular flexibility index (Phi) is 3.86. The van der Waals surface area contributed by atoms with Gasteiger partial charge in [0.15, 0.2) is 5.02 Å². The second-order valence-electron chi connectivity index (χ2n) is 3.37. The lowest BCUT2D eigenvalue weighted by atomic mass is 10.2. The van der Waals surface area contributed by atoms with Gasteiger partial charge in [-0.2, -0.15) is 0 Å². The van der Waals surface area contributed by atoms with Crippen molar-refractivity contribution in [2.45, 2.75) is 6.54 Å². The lowest BCUT2D eigenvalue weighted by Gasteiger charge is -2.10. The lowest BCUT2D eigenvalue weighted by molar-refractivity contribution is 0.455. The quantitative estimate of drug-likeness (QED) is 0.907. The fraction of sp³-hybridized carbons (Fsp3) is 0.0909. The van der Waals surface area contributed by atoms with E-state index in [1.807, 2.05) is 0 Å². The molecule has 0 unspecified atom stereocenters. The van der Waals surface area contributed by atoms with Crippen LogP contribution in [0.15, 0.2) is 29.3 Å². The maximum absolute atomic E-state index is 11.3. The second kappa shape index (κ2) is 5.39. The van der Waals surface area contributed by atoms with Gasteiger partial charge >= 0.3 is 0 Å². The van der Waals surface area contributed by atoms with Gasteiger partial charge < -0.3 is 15.5 Å². The first-order valence-electron chi connectivity index (χ1n) is 5.02. The first-order valence-corrected chi connectivity index (χ1v) is 5.77. The number of H-pyrrole nitrogens is 1. The van der Waals surface area contributed by atoms with Gasteiger partial charge in [0.2, 0.25) is 5.88 Å². The van der Waals surface area contributed by atoms with Crippen molar-refractivity contribution >= 4 is 23.2 Å². The smallest absolute Gasteiger partial charge is 0.273 e. The summed E-state index contributed by atoms with van der Waals surface area (Å²) < 4.78 is 5.47. The molecule has 1 heterocycles. The fourth-order valence-electron chi connectivity index (χ4n) is 1.37. The fourth-order valence-corrected chi connectivity index (χ4v) is 1.76. The van der Waals surface area contributed by atoms with E-state index in [2.05, 4.69) is 9.97 Å². The van der Waals surface area contributed by atoms with E-state index in [0.717, 1.165) is 0 Å². The van der Waals surface area contributed by atoms with Crippen molar-refractivity contribution in [3.63, 3.8) is 0 Å². The van der Waals surface area contributed by atoms with Gasteiger partial charge in [0.05, 0.1) is 6.33 Å². The minimum Gasteiger partial charge on any atom is -0.437 e. The van der Waals surface area contributed by atoms with E-state index in [9.17, 15) is 4.79 Å². The van der Waals surface area contributed by atoms with Crippen molar-refractivity contribution in [3.05, 3.63) is 50.5 Å². The summed E-state index contributed by atoms with van der Waals surface area (Å²) in [7, 11) is 0. The number of halogens is 2. The SMILES string of the molecule is NCc1c(Cl)cccc1Oc1nc[nH]c(=O)c1Cl. The first kappa shape index (κ1) is 12.9. The van der Waals surface area contributed by atoms with Crippen LogP contribution in [0.1, 0.15) is 5.56 Å². The Morgan fingerprint density at radius 1 is 1.39 bits per heavy atom. The number of nitrogens with two attached hydrogens (primary N) is 1. The number of hydrogen-bond donors (Lipinski definition) is 2. The van der Waals surface area contributed by atoms with Gasteiger partial charge in [0.1, 0.15) is 5.75 Å². The van der Waals surface area contributed by atoms with Gasteiger partial charge in [-0.1, -0.05) is 29.3 Å². The maximum Gasteiger partial charge on any atom is 0.273 e. The summed E-state index contributed by atoms with van der Waals surface area (Å²) in [5, 5.41) is 0.358. The molecule has 0 fully saturated rings. The van der Waals surface area contributed by atoms with Crippen LogP contribution < -0.4 is 16.0 Å². The number of nitrogens with zero attached hydrogens (tertiary/aromatic N) is 1. The van der Waals surface area contributed by atoms with Crippen LogP contribution in [0.2, 0.25) is 10.0 Å². The standard InChI is InChI=1S/C11H9Cl2N3O2/c12-7-2-1-3-8(6(7)4-14)18-11-9(13)10(17)15-5-16-11/h1-3,5H,4,14H2,(H,15,16,17). The Balaban J connectivity index is 2.43. The highest BCUT2D eigenvalue weighted by Gasteiger charge is 2.12. The van der Waals surface area contributed by atoms with Crippen LogP contribution in [0.3, 0.4) is 0 Å². The molecule has 0 aliphatic carbocycles. The molecule has 7 heteroatoms. The molecule has 18 heavy (non-hydrogen) atoms. The number of rotatable bonds is 3. The molecule has 94 valence electrons. The Bertz CT molecular complexity index is 628. The molecule has 0 saturated heterocycles. The van der Waals surface area contributed by atoms with Gasteiger partial charge in [0, 0.05) is 17.1 Å². The molecule has 0 spiro atoms. The molecular weight excluding hydrogens is 277 g/mol. The normalized spacial score (nSPS) is 10.4. The molecule has 1 aromatic carbocycles. The van der Waals surface area contributed by atoms with E-state index in [4.69, 9.17) is 33.7 Å². The summed E-state index contributed by atoms with van der Waals surface area (Å²) in [4.78, 5) is 17.5. The summed E-state index contributed by atoms with van der Waals surface area (Å²) in [6, 6.07) is 5.08. The number of nitrogens with one attached hydrogen (secondary N) is 1. The molecule has 5 nitrogen and oxygen atoms in total. The molecular formula is C11H9Cl2N3O2. The van der Waals surface area contributed by atoms with Crippen LogP contribution >= 0.6 is 23.2 Å². The highest BCUT2D eigenvalue weighted by Crippen LogP contribution is 2.30. The molecule has 3 N–H and O–H groups in total. The largest absolute Gasteiger partial charge is 0.437 e. The molecule has 0 radical (unpaired) electrons. The van der Waals surface area contributed by atoms with Crippen LogP contribution in [0.25, 0.3) is 0 Å². The van der Waals surface area contributed by atoms with Crippen LogP contribution in [0, 0.1) is 0 Å². The van der Waals surface area contributed by atoms with E-state index in [1.54, 1.807) is 18.2 Å². The van der Waals surface area contributed by atoms with Crippen molar-refractivity contribution in [2.24, 2.45) is 5.73 Å². The molecule has 2 aromatic rings. The van der Waals surface area contributed by atoms with Crippen LogP contribution in [-0.2, 0) is 6.54 Å². The summed E-state index contributed by atoms with van der Waals surface area (Å²) >= 11 is 11.8. The maximum atomic E-state index is 11.3. The number of ether oxygens (including phenoxy) is 1. The summed E-state index contributed by atoms with van der Waals surface area (Å²) in [5.41, 5.74) is 5.74. The monoisotopic (exact) mass is 285 g/mol. The Hall–Kier alpha value is -1.56.